The number of ether oxygens (including phenoxy) is 2. The molecule has 0 aromatic rings. The lowest BCUT2D eigenvalue weighted by Crippen LogP contribution is -2.60. The molecule has 1 heterocycles. The summed E-state index contributed by atoms with van der Waals surface area (Å²) < 4.78 is 11.1. The SMILES string of the molecule is CCCCCCCCCCCCCCCCCCCCCCCCCCCCCCCCCC(=O)NC(COC1OC(CO)C(O)C(O)C1O)C(O)CCCCCC. The highest BCUT2D eigenvalue weighted by Crippen LogP contribution is 2.23. The van der Waals surface area contributed by atoms with Crippen LogP contribution in [-0.2, 0) is 14.3 Å². The van der Waals surface area contributed by atoms with Crippen LogP contribution in [0.5, 0.6) is 0 Å². The molecule has 0 aromatic carbocycles. The number of carbonyl (C=O) groups excluding carboxylic acids is 1. The molecule has 9 heteroatoms. The largest absolute Gasteiger partial charge is 0.394 e. The zero-order valence-corrected chi connectivity index (χ0v) is 38.1. The Balaban J connectivity index is 1.97. The number of aliphatic hydroxyl groups excluding tert-OH is 5. The van der Waals surface area contributed by atoms with Gasteiger partial charge in [0, 0.05) is 6.42 Å². The number of aliphatic hydroxyl groups is 5. The highest BCUT2D eigenvalue weighted by molar-refractivity contribution is 5.76. The fourth-order valence-electron chi connectivity index (χ4n) is 8.40. The normalized spacial score (nSPS) is 20.7. The number of unbranched alkanes of at least 4 members (excludes halogenated alkanes) is 33. The zero-order chi connectivity index (χ0) is 42.3. The quantitative estimate of drug-likeness (QED) is 0.0333. The highest BCUT2D eigenvalue weighted by Gasteiger charge is 2.44. The molecule has 0 aliphatic carbocycles. The first-order valence-electron chi connectivity index (χ1n) is 25.2. The van der Waals surface area contributed by atoms with Crippen LogP contribution in [0.15, 0.2) is 0 Å². The van der Waals surface area contributed by atoms with Crippen molar-refractivity contribution >= 4 is 5.91 Å². The van der Waals surface area contributed by atoms with Crippen molar-refractivity contribution in [1.29, 1.82) is 0 Å². The van der Waals surface area contributed by atoms with Crippen molar-refractivity contribution in [2.24, 2.45) is 0 Å². The number of hydrogen-bond acceptors (Lipinski definition) is 8. The maximum absolute atomic E-state index is 12.8. The lowest BCUT2D eigenvalue weighted by atomic mass is 9.99. The average molecular weight is 828 g/mol. The molecule has 1 fully saturated rings. The molecule has 1 aliphatic heterocycles. The predicted molar refractivity (Wildman–Crippen MR) is 240 cm³/mol. The van der Waals surface area contributed by atoms with Gasteiger partial charge in [-0.2, -0.15) is 0 Å². The molecule has 0 radical (unpaired) electrons. The second kappa shape index (κ2) is 40.3. The Morgan fingerprint density at radius 3 is 1.22 bits per heavy atom. The van der Waals surface area contributed by atoms with Crippen LogP contribution in [0, 0.1) is 0 Å². The molecule has 9 nitrogen and oxygen atoms in total. The Kier molecular flexibility index (Phi) is 38.3. The monoisotopic (exact) mass is 828 g/mol. The van der Waals surface area contributed by atoms with Gasteiger partial charge in [0.25, 0.3) is 0 Å². The summed E-state index contributed by atoms with van der Waals surface area (Å²) >= 11 is 0. The van der Waals surface area contributed by atoms with Crippen LogP contribution in [0.1, 0.15) is 251 Å². The van der Waals surface area contributed by atoms with Crippen molar-refractivity contribution < 1.29 is 39.8 Å². The zero-order valence-electron chi connectivity index (χ0n) is 38.1. The number of carbonyl (C=O) groups is 1. The van der Waals surface area contributed by atoms with Gasteiger partial charge in [-0.05, 0) is 12.8 Å². The van der Waals surface area contributed by atoms with Gasteiger partial charge in [-0.3, -0.25) is 4.79 Å². The number of amides is 1. The molecule has 0 bridgehead atoms. The van der Waals surface area contributed by atoms with E-state index in [9.17, 15) is 30.3 Å². The lowest BCUT2D eigenvalue weighted by Gasteiger charge is -2.40. The van der Waals surface area contributed by atoms with E-state index in [1.165, 1.54) is 180 Å². The van der Waals surface area contributed by atoms with Gasteiger partial charge in [-0.15, -0.1) is 0 Å². The van der Waals surface area contributed by atoms with E-state index in [0.29, 0.717) is 12.8 Å². The summed E-state index contributed by atoms with van der Waals surface area (Å²) in [6.07, 6.45) is 39.4. The van der Waals surface area contributed by atoms with Crippen molar-refractivity contribution in [3.8, 4) is 0 Å². The molecule has 7 atom stereocenters. The fraction of sp³-hybridized carbons (Fsp3) is 0.980. The second-order valence-corrected chi connectivity index (χ2v) is 18.0. The minimum atomic E-state index is -1.55. The summed E-state index contributed by atoms with van der Waals surface area (Å²) in [5, 5.41) is 53.8. The third kappa shape index (κ3) is 30.3. The van der Waals surface area contributed by atoms with Crippen LogP contribution in [0.2, 0.25) is 0 Å². The van der Waals surface area contributed by atoms with E-state index in [4.69, 9.17) is 9.47 Å². The van der Waals surface area contributed by atoms with Crippen LogP contribution < -0.4 is 5.32 Å². The molecule has 0 saturated carbocycles. The van der Waals surface area contributed by atoms with Crippen LogP contribution in [-0.4, -0.2) is 87.5 Å². The molecule has 1 amide bonds. The van der Waals surface area contributed by atoms with E-state index >= 15 is 0 Å². The van der Waals surface area contributed by atoms with E-state index in [2.05, 4.69) is 19.2 Å². The summed E-state index contributed by atoms with van der Waals surface area (Å²) in [7, 11) is 0. The van der Waals surface area contributed by atoms with Crippen LogP contribution in [0.3, 0.4) is 0 Å². The van der Waals surface area contributed by atoms with E-state index in [-0.39, 0.29) is 12.5 Å². The van der Waals surface area contributed by atoms with Gasteiger partial charge in [0.15, 0.2) is 6.29 Å². The van der Waals surface area contributed by atoms with E-state index < -0.39 is 49.5 Å². The first-order valence-corrected chi connectivity index (χ1v) is 25.2. The molecule has 1 rings (SSSR count). The second-order valence-electron chi connectivity index (χ2n) is 18.0. The summed E-state index contributed by atoms with van der Waals surface area (Å²) in [5.41, 5.74) is 0. The summed E-state index contributed by atoms with van der Waals surface area (Å²) in [4.78, 5) is 12.8. The average Bonchev–Trinajstić information content (AvgIpc) is 3.22. The summed E-state index contributed by atoms with van der Waals surface area (Å²) in [6.45, 7) is 3.73. The van der Waals surface area contributed by atoms with Gasteiger partial charge < -0.3 is 40.3 Å². The molecule has 0 spiro atoms. The molecule has 346 valence electrons. The molecule has 7 unspecified atom stereocenters. The Morgan fingerprint density at radius 2 is 0.862 bits per heavy atom. The third-order valence-corrected chi connectivity index (χ3v) is 12.5. The molecular weight excluding hydrogens is 731 g/mol. The van der Waals surface area contributed by atoms with Crippen LogP contribution in [0.25, 0.3) is 0 Å². The van der Waals surface area contributed by atoms with Crippen molar-refractivity contribution in [1.82, 2.24) is 5.32 Å². The lowest BCUT2D eigenvalue weighted by molar-refractivity contribution is -0.302. The van der Waals surface area contributed by atoms with Crippen molar-refractivity contribution in [3.63, 3.8) is 0 Å². The first-order chi connectivity index (χ1) is 28.3. The predicted octanol–water partition coefficient (Wildman–Crippen LogP) is 11.1. The van der Waals surface area contributed by atoms with Gasteiger partial charge >= 0.3 is 0 Å². The minimum Gasteiger partial charge on any atom is -0.394 e. The molecule has 6 N–H and O–H groups in total. The Bertz CT molecular complexity index is 878. The molecule has 58 heavy (non-hydrogen) atoms. The van der Waals surface area contributed by atoms with E-state index in [1.54, 1.807) is 0 Å². The van der Waals surface area contributed by atoms with Gasteiger partial charge in [0.1, 0.15) is 24.4 Å². The van der Waals surface area contributed by atoms with Gasteiger partial charge in [0.05, 0.1) is 25.4 Å². The van der Waals surface area contributed by atoms with Crippen molar-refractivity contribution in [2.45, 2.75) is 294 Å². The third-order valence-electron chi connectivity index (χ3n) is 12.5. The molecule has 1 saturated heterocycles. The van der Waals surface area contributed by atoms with E-state index in [0.717, 1.165) is 44.9 Å². The maximum atomic E-state index is 12.8. The smallest absolute Gasteiger partial charge is 0.220 e. The highest BCUT2D eigenvalue weighted by atomic mass is 16.7. The standard InChI is InChI=1S/C49H97NO8/c1-3-5-7-9-10-11-12-13-14-15-16-17-18-19-20-21-22-23-24-25-26-27-28-29-30-31-32-33-34-35-37-39-45(53)50-42(43(52)38-36-8-6-4-2)41-57-49-48(56)47(55)46(54)44(40-51)58-49/h42-44,46-49,51-52,54-56H,3-41H2,1-2H3,(H,50,53). The number of nitrogens with one attached hydrogen (secondary N) is 1. The summed E-state index contributed by atoms with van der Waals surface area (Å²) in [6, 6.07) is -0.708. The molecule has 0 aromatic heterocycles. The minimum absolute atomic E-state index is 0.136. The van der Waals surface area contributed by atoms with Crippen LogP contribution in [0.4, 0.5) is 0 Å². The fourth-order valence-corrected chi connectivity index (χ4v) is 8.40. The van der Waals surface area contributed by atoms with Crippen molar-refractivity contribution in [3.05, 3.63) is 0 Å². The molecule has 1 aliphatic rings. The van der Waals surface area contributed by atoms with Gasteiger partial charge in [-0.25, -0.2) is 0 Å². The summed E-state index contributed by atoms with van der Waals surface area (Å²) in [5.74, 6) is -0.148. The van der Waals surface area contributed by atoms with Crippen LogP contribution >= 0.6 is 0 Å². The maximum Gasteiger partial charge on any atom is 0.220 e. The first kappa shape index (κ1) is 55.2. The number of hydrogen-bond donors (Lipinski definition) is 6. The Hall–Kier alpha value is -0.810. The molecular formula is C49H97NO8. The van der Waals surface area contributed by atoms with Crippen molar-refractivity contribution in [2.75, 3.05) is 13.2 Å². The van der Waals surface area contributed by atoms with Gasteiger partial charge in [0.2, 0.25) is 5.91 Å². The van der Waals surface area contributed by atoms with Gasteiger partial charge in [-0.1, -0.05) is 232 Å². The Labute approximate surface area is 357 Å². The number of rotatable bonds is 43. The van der Waals surface area contributed by atoms with E-state index in [1.807, 2.05) is 0 Å². The Morgan fingerprint density at radius 1 is 0.517 bits per heavy atom. The topological polar surface area (TPSA) is 149 Å².